The van der Waals surface area contributed by atoms with Crippen LogP contribution >= 0.6 is 24.2 Å². The van der Waals surface area contributed by atoms with E-state index < -0.39 is 0 Å². The zero-order chi connectivity index (χ0) is 13.1. The summed E-state index contributed by atoms with van der Waals surface area (Å²) in [5.41, 5.74) is 6.47. The Morgan fingerprint density at radius 1 is 1.39 bits per heavy atom. The fourth-order valence-corrected chi connectivity index (χ4v) is 2.68. The first-order valence-electron chi connectivity index (χ1n) is 6.13. The largest absolute Gasteiger partial charge is 0.348 e. The Bertz CT molecular complexity index is 453. The second-order valence-electron chi connectivity index (χ2n) is 4.69. The molecular weight excluding hydrogens is 268 g/mol. The van der Waals surface area contributed by atoms with Crippen LogP contribution in [0.25, 0.3) is 0 Å². The van der Waals surface area contributed by atoms with E-state index in [1.165, 1.54) is 0 Å². The molecule has 5 heteroatoms. The quantitative estimate of drug-likeness (QED) is 0.731. The molecule has 0 heterocycles. The maximum atomic E-state index is 12.1. The van der Waals surface area contributed by atoms with E-state index in [4.69, 9.17) is 17.3 Å². The van der Waals surface area contributed by atoms with Crippen molar-refractivity contribution in [1.82, 2.24) is 5.32 Å². The Hall–Kier alpha value is -0.710. The van der Waals surface area contributed by atoms with E-state index >= 15 is 0 Å². The number of carbonyl (C=O) groups excluding carboxylic acids is 1. The third-order valence-corrected chi connectivity index (χ3v) is 3.94. The molecule has 2 unspecified atom stereocenters. The molecule has 0 aliphatic heterocycles. The van der Waals surface area contributed by atoms with Crippen LogP contribution in [-0.2, 0) is 0 Å². The summed E-state index contributed by atoms with van der Waals surface area (Å²) in [5.74, 6) is -0.168. The van der Waals surface area contributed by atoms with Crippen LogP contribution in [0, 0.1) is 0 Å². The van der Waals surface area contributed by atoms with E-state index in [0.717, 1.165) is 30.6 Å². The van der Waals surface area contributed by atoms with Gasteiger partial charge in [-0.25, -0.2) is 0 Å². The summed E-state index contributed by atoms with van der Waals surface area (Å²) in [7, 11) is 0. The number of hydrogen-bond acceptors (Lipinski definition) is 3. The fraction of sp³-hybridized carbons (Fsp3) is 0.462. The van der Waals surface area contributed by atoms with Crippen LogP contribution in [0.5, 0.6) is 0 Å². The van der Waals surface area contributed by atoms with Crippen molar-refractivity contribution in [2.24, 2.45) is 5.73 Å². The van der Waals surface area contributed by atoms with E-state index in [-0.39, 0.29) is 18.0 Å². The van der Waals surface area contributed by atoms with Crippen LogP contribution in [-0.4, -0.2) is 18.0 Å². The zero-order valence-corrected chi connectivity index (χ0v) is 11.7. The Kier molecular flexibility index (Phi) is 4.54. The van der Waals surface area contributed by atoms with Gasteiger partial charge in [-0.2, -0.15) is 0 Å². The van der Waals surface area contributed by atoms with Gasteiger partial charge in [-0.05, 0) is 31.0 Å². The molecule has 1 aromatic carbocycles. The Labute approximate surface area is 117 Å². The summed E-state index contributed by atoms with van der Waals surface area (Å²) in [4.78, 5) is 12.9. The molecule has 0 aromatic heterocycles. The molecule has 1 amide bonds. The van der Waals surface area contributed by atoms with E-state index in [1.807, 2.05) is 0 Å². The Morgan fingerprint density at radius 2 is 2.11 bits per heavy atom. The Balaban J connectivity index is 2.09. The smallest absolute Gasteiger partial charge is 0.253 e. The number of nitrogens with one attached hydrogen (secondary N) is 1. The average Bonchev–Trinajstić information content (AvgIpc) is 2.35. The molecule has 3 N–H and O–H groups in total. The summed E-state index contributed by atoms with van der Waals surface area (Å²) in [6.45, 7) is 0. The number of thiol groups is 1. The van der Waals surface area contributed by atoms with Gasteiger partial charge in [0, 0.05) is 17.0 Å². The van der Waals surface area contributed by atoms with Gasteiger partial charge in [0.15, 0.2) is 0 Å². The lowest BCUT2D eigenvalue weighted by Crippen LogP contribution is -2.49. The highest BCUT2D eigenvalue weighted by molar-refractivity contribution is 7.80. The van der Waals surface area contributed by atoms with E-state index in [9.17, 15) is 4.79 Å². The SMILES string of the molecule is NC1CCCCC1NC(=O)c1cc(S)ccc1Cl. The van der Waals surface area contributed by atoms with Crippen molar-refractivity contribution in [3.05, 3.63) is 28.8 Å². The molecule has 1 aliphatic carbocycles. The van der Waals surface area contributed by atoms with Crippen LogP contribution in [0.15, 0.2) is 23.1 Å². The molecular formula is C13H17ClN2OS. The van der Waals surface area contributed by atoms with Crippen molar-refractivity contribution >= 4 is 30.1 Å². The van der Waals surface area contributed by atoms with Gasteiger partial charge in [-0.15, -0.1) is 12.6 Å². The van der Waals surface area contributed by atoms with Gasteiger partial charge in [0.1, 0.15) is 0 Å². The molecule has 1 aliphatic rings. The minimum atomic E-state index is -0.168. The lowest BCUT2D eigenvalue weighted by molar-refractivity contribution is 0.0921. The van der Waals surface area contributed by atoms with Gasteiger partial charge in [0.05, 0.1) is 10.6 Å². The molecule has 0 radical (unpaired) electrons. The molecule has 3 nitrogen and oxygen atoms in total. The normalized spacial score (nSPS) is 23.7. The van der Waals surface area contributed by atoms with E-state index in [0.29, 0.717) is 10.6 Å². The molecule has 1 saturated carbocycles. The van der Waals surface area contributed by atoms with Gasteiger partial charge >= 0.3 is 0 Å². The summed E-state index contributed by atoms with van der Waals surface area (Å²) in [6, 6.07) is 5.20. The lowest BCUT2D eigenvalue weighted by Gasteiger charge is -2.29. The van der Waals surface area contributed by atoms with Gasteiger partial charge in [0.25, 0.3) is 5.91 Å². The molecule has 18 heavy (non-hydrogen) atoms. The zero-order valence-electron chi connectivity index (χ0n) is 10.0. The average molecular weight is 285 g/mol. The second kappa shape index (κ2) is 5.95. The standard InChI is InChI=1S/C13H17ClN2OS/c14-10-6-5-8(18)7-9(10)13(17)16-12-4-2-1-3-11(12)15/h5-7,11-12,18H,1-4,15H2,(H,16,17). The number of amides is 1. The monoisotopic (exact) mass is 284 g/mol. The molecule has 0 spiro atoms. The molecule has 98 valence electrons. The van der Waals surface area contributed by atoms with Crippen molar-refractivity contribution in [2.45, 2.75) is 42.7 Å². The minimum Gasteiger partial charge on any atom is -0.348 e. The number of benzene rings is 1. The first-order valence-corrected chi connectivity index (χ1v) is 6.95. The van der Waals surface area contributed by atoms with Gasteiger partial charge in [-0.3, -0.25) is 4.79 Å². The Morgan fingerprint density at radius 3 is 2.83 bits per heavy atom. The summed E-state index contributed by atoms with van der Waals surface area (Å²) < 4.78 is 0. The van der Waals surface area contributed by atoms with Crippen LogP contribution < -0.4 is 11.1 Å². The number of carbonyl (C=O) groups is 1. The number of nitrogens with two attached hydrogens (primary N) is 1. The fourth-order valence-electron chi connectivity index (χ4n) is 2.27. The molecule has 1 aromatic rings. The molecule has 1 fully saturated rings. The number of rotatable bonds is 2. The highest BCUT2D eigenvalue weighted by Gasteiger charge is 2.24. The van der Waals surface area contributed by atoms with E-state index in [1.54, 1.807) is 18.2 Å². The minimum absolute atomic E-state index is 0.0423. The van der Waals surface area contributed by atoms with Crippen LogP contribution in [0.4, 0.5) is 0 Å². The van der Waals surface area contributed by atoms with Gasteiger partial charge < -0.3 is 11.1 Å². The predicted molar refractivity (Wildman–Crippen MR) is 76.4 cm³/mol. The van der Waals surface area contributed by atoms with E-state index in [2.05, 4.69) is 17.9 Å². The third-order valence-electron chi connectivity index (χ3n) is 3.33. The highest BCUT2D eigenvalue weighted by Crippen LogP contribution is 2.21. The van der Waals surface area contributed by atoms with Crippen molar-refractivity contribution in [3.8, 4) is 0 Å². The summed E-state index contributed by atoms with van der Waals surface area (Å²) in [6.07, 6.45) is 4.15. The lowest BCUT2D eigenvalue weighted by atomic mass is 9.91. The molecule has 2 rings (SSSR count). The molecule has 2 atom stereocenters. The van der Waals surface area contributed by atoms with Gasteiger partial charge in [0.2, 0.25) is 0 Å². The van der Waals surface area contributed by atoms with Crippen LogP contribution in [0.3, 0.4) is 0 Å². The van der Waals surface area contributed by atoms with Crippen molar-refractivity contribution in [2.75, 3.05) is 0 Å². The summed E-state index contributed by atoms with van der Waals surface area (Å²) in [5, 5.41) is 3.41. The topological polar surface area (TPSA) is 55.1 Å². The maximum absolute atomic E-state index is 12.1. The van der Waals surface area contributed by atoms with Crippen molar-refractivity contribution in [1.29, 1.82) is 0 Å². The van der Waals surface area contributed by atoms with Crippen LogP contribution in [0.2, 0.25) is 5.02 Å². The van der Waals surface area contributed by atoms with Crippen molar-refractivity contribution in [3.63, 3.8) is 0 Å². The predicted octanol–water partition coefficient (Wildman–Crippen LogP) is 2.63. The number of halogens is 1. The third kappa shape index (κ3) is 3.19. The first-order chi connectivity index (χ1) is 8.58. The van der Waals surface area contributed by atoms with Crippen LogP contribution in [0.1, 0.15) is 36.0 Å². The first kappa shape index (κ1) is 13.7. The molecule has 0 saturated heterocycles. The van der Waals surface area contributed by atoms with Gasteiger partial charge in [-0.1, -0.05) is 24.4 Å². The maximum Gasteiger partial charge on any atom is 0.253 e. The number of hydrogen-bond donors (Lipinski definition) is 3. The highest BCUT2D eigenvalue weighted by atomic mass is 35.5. The molecule has 0 bridgehead atoms. The second-order valence-corrected chi connectivity index (χ2v) is 5.62. The summed E-state index contributed by atoms with van der Waals surface area (Å²) >= 11 is 10.2. The van der Waals surface area contributed by atoms with Crippen molar-refractivity contribution < 1.29 is 4.79 Å².